The summed E-state index contributed by atoms with van der Waals surface area (Å²) in [6, 6.07) is 2.02. The zero-order valence-corrected chi connectivity index (χ0v) is 6.17. The molecule has 0 rings (SSSR count). The van der Waals surface area contributed by atoms with E-state index in [1.807, 2.05) is 31.2 Å². The van der Waals surface area contributed by atoms with E-state index in [0.29, 0.717) is 5.57 Å². The predicted octanol–water partition coefficient (Wildman–Crippen LogP) is 2.59. The van der Waals surface area contributed by atoms with Crippen molar-refractivity contribution in [2.24, 2.45) is 0 Å². The molecule has 1 heteroatoms. The Balaban J connectivity index is 3.90. The highest BCUT2D eigenvalue weighted by molar-refractivity contribution is 5.31. The van der Waals surface area contributed by atoms with Crippen molar-refractivity contribution in [3.8, 4) is 6.07 Å². The van der Waals surface area contributed by atoms with E-state index in [4.69, 9.17) is 5.26 Å². The zero-order chi connectivity index (χ0) is 7.82. The molecule has 52 valence electrons. The van der Waals surface area contributed by atoms with Gasteiger partial charge in [-0.1, -0.05) is 30.9 Å². The maximum absolute atomic E-state index is 8.41. The number of nitrogens with zero attached hydrogens (tertiary/aromatic N) is 1. The van der Waals surface area contributed by atoms with Gasteiger partial charge in [0.1, 0.15) is 0 Å². The number of hydrogen-bond acceptors (Lipinski definition) is 1. The first kappa shape index (κ1) is 8.71. The Bertz CT molecular complexity index is 191. The second kappa shape index (κ2) is 5.84. The molecule has 0 aliphatic carbocycles. The SMILES string of the molecule is C=C/C(C#N)=C\C/C=C\C. The molecule has 0 saturated heterocycles. The summed E-state index contributed by atoms with van der Waals surface area (Å²) in [7, 11) is 0. The summed E-state index contributed by atoms with van der Waals surface area (Å²) in [6.07, 6.45) is 8.15. The van der Waals surface area contributed by atoms with Gasteiger partial charge in [-0.25, -0.2) is 0 Å². The van der Waals surface area contributed by atoms with Gasteiger partial charge >= 0.3 is 0 Å². The van der Waals surface area contributed by atoms with E-state index in [1.54, 1.807) is 6.08 Å². The van der Waals surface area contributed by atoms with Crippen LogP contribution in [0, 0.1) is 11.3 Å². The highest BCUT2D eigenvalue weighted by atomic mass is 14.2. The summed E-state index contributed by atoms with van der Waals surface area (Å²) in [5, 5.41) is 8.41. The normalized spacial score (nSPS) is 11.4. The second-order valence-corrected chi connectivity index (χ2v) is 1.78. The molecule has 0 atom stereocenters. The zero-order valence-electron chi connectivity index (χ0n) is 6.17. The van der Waals surface area contributed by atoms with E-state index in [1.165, 1.54) is 0 Å². The lowest BCUT2D eigenvalue weighted by atomic mass is 10.2. The number of hydrogen-bond donors (Lipinski definition) is 0. The molecule has 0 aromatic carbocycles. The molecular formula is C9H11N. The van der Waals surface area contributed by atoms with E-state index in [9.17, 15) is 0 Å². The first-order chi connectivity index (χ1) is 4.85. The third-order valence-electron chi connectivity index (χ3n) is 1.06. The van der Waals surface area contributed by atoms with Crippen molar-refractivity contribution in [1.82, 2.24) is 0 Å². The second-order valence-electron chi connectivity index (χ2n) is 1.78. The molecule has 0 aliphatic rings. The molecule has 0 spiro atoms. The Morgan fingerprint density at radius 3 is 2.80 bits per heavy atom. The van der Waals surface area contributed by atoms with Crippen molar-refractivity contribution in [3.63, 3.8) is 0 Å². The van der Waals surface area contributed by atoms with Crippen LogP contribution in [0.25, 0.3) is 0 Å². The fraction of sp³-hybridized carbons (Fsp3) is 0.222. The summed E-state index contributed by atoms with van der Waals surface area (Å²) in [4.78, 5) is 0. The van der Waals surface area contributed by atoms with Crippen molar-refractivity contribution in [3.05, 3.63) is 36.5 Å². The molecule has 0 unspecified atom stereocenters. The van der Waals surface area contributed by atoms with Gasteiger partial charge < -0.3 is 0 Å². The predicted molar refractivity (Wildman–Crippen MR) is 43.3 cm³/mol. The largest absolute Gasteiger partial charge is 0.192 e. The summed E-state index contributed by atoms with van der Waals surface area (Å²) in [6.45, 7) is 5.45. The van der Waals surface area contributed by atoms with Crippen LogP contribution in [-0.4, -0.2) is 0 Å². The number of nitriles is 1. The molecule has 0 bridgehead atoms. The maximum atomic E-state index is 8.41. The molecule has 0 aromatic heterocycles. The topological polar surface area (TPSA) is 23.8 Å². The van der Waals surface area contributed by atoms with Crippen LogP contribution in [0.1, 0.15) is 13.3 Å². The lowest BCUT2D eigenvalue weighted by Crippen LogP contribution is -1.68. The van der Waals surface area contributed by atoms with Gasteiger partial charge in [-0.05, 0) is 13.3 Å². The van der Waals surface area contributed by atoms with Crippen LogP contribution < -0.4 is 0 Å². The highest BCUT2D eigenvalue weighted by Crippen LogP contribution is 1.95. The Morgan fingerprint density at radius 1 is 1.70 bits per heavy atom. The van der Waals surface area contributed by atoms with E-state index in [2.05, 4.69) is 6.58 Å². The minimum absolute atomic E-state index is 0.637. The molecule has 0 heterocycles. The van der Waals surface area contributed by atoms with Gasteiger partial charge in [0.15, 0.2) is 0 Å². The monoisotopic (exact) mass is 133 g/mol. The highest BCUT2D eigenvalue weighted by Gasteiger charge is 1.81. The van der Waals surface area contributed by atoms with Crippen LogP contribution in [0.2, 0.25) is 0 Å². The molecule has 0 aliphatic heterocycles. The van der Waals surface area contributed by atoms with Crippen LogP contribution in [-0.2, 0) is 0 Å². The maximum Gasteiger partial charge on any atom is 0.0988 e. The summed E-state index contributed by atoms with van der Waals surface area (Å²) < 4.78 is 0. The fourth-order valence-corrected chi connectivity index (χ4v) is 0.506. The van der Waals surface area contributed by atoms with Gasteiger partial charge in [0.2, 0.25) is 0 Å². The van der Waals surface area contributed by atoms with Gasteiger partial charge in [0.05, 0.1) is 6.07 Å². The summed E-state index contributed by atoms with van der Waals surface area (Å²) in [5.74, 6) is 0. The average molecular weight is 133 g/mol. The van der Waals surface area contributed by atoms with E-state index < -0.39 is 0 Å². The Morgan fingerprint density at radius 2 is 2.40 bits per heavy atom. The summed E-state index contributed by atoms with van der Waals surface area (Å²) in [5.41, 5.74) is 0.637. The minimum Gasteiger partial charge on any atom is -0.192 e. The molecule has 0 aromatic rings. The Labute approximate surface area is 62.0 Å². The van der Waals surface area contributed by atoms with Crippen LogP contribution in [0.15, 0.2) is 36.5 Å². The van der Waals surface area contributed by atoms with Gasteiger partial charge in [-0.3, -0.25) is 0 Å². The van der Waals surface area contributed by atoms with Crippen LogP contribution in [0.5, 0.6) is 0 Å². The first-order valence-electron chi connectivity index (χ1n) is 3.19. The molecule has 1 nitrogen and oxygen atoms in total. The number of allylic oxidation sites excluding steroid dienone is 5. The van der Waals surface area contributed by atoms with Crippen molar-refractivity contribution < 1.29 is 0 Å². The molecule has 0 N–H and O–H groups in total. The molecule has 0 fully saturated rings. The fourth-order valence-electron chi connectivity index (χ4n) is 0.506. The smallest absolute Gasteiger partial charge is 0.0988 e. The Kier molecular flexibility index (Phi) is 5.09. The first-order valence-corrected chi connectivity index (χ1v) is 3.19. The molecule has 0 radical (unpaired) electrons. The lowest BCUT2D eigenvalue weighted by molar-refractivity contribution is 1.35. The quantitative estimate of drug-likeness (QED) is 0.330. The molecular weight excluding hydrogens is 122 g/mol. The van der Waals surface area contributed by atoms with Crippen molar-refractivity contribution in [1.29, 1.82) is 5.26 Å². The third-order valence-corrected chi connectivity index (χ3v) is 1.06. The van der Waals surface area contributed by atoms with Crippen LogP contribution >= 0.6 is 0 Å². The van der Waals surface area contributed by atoms with Crippen molar-refractivity contribution >= 4 is 0 Å². The Hall–Kier alpha value is -1.29. The van der Waals surface area contributed by atoms with E-state index in [-0.39, 0.29) is 0 Å². The van der Waals surface area contributed by atoms with E-state index in [0.717, 1.165) is 6.42 Å². The lowest BCUT2D eigenvalue weighted by Gasteiger charge is -1.82. The van der Waals surface area contributed by atoms with Crippen molar-refractivity contribution in [2.45, 2.75) is 13.3 Å². The van der Waals surface area contributed by atoms with Crippen LogP contribution in [0.3, 0.4) is 0 Å². The van der Waals surface area contributed by atoms with Gasteiger partial charge in [-0.2, -0.15) is 5.26 Å². The van der Waals surface area contributed by atoms with Gasteiger partial charge in [0, 0.05) is 5.57 Å². The van der Waals surface area contributed by atoms with E-state index >= 15 is 0 Å². The van der Waals surface area contributed by atoms with Gasteiger partial charge in [-0.15, -0.1) is 0 Å². The third kappa shape index (κ3) is 3.68. The van der Waals surface area contributed by atoms with Crippen molar-refractivity contribution in [2.75, 3.05) is 0 Å². The number of rotatable bonds is 3. The molecule has 10 heavy (non-hydrogen) atoms. The van der Waals surface area contributed by atoms with Gasteiger partial charge in [0.25, 0.3) is 0 Å². The molecule has 0 saturated carbocycles. The average Bonchev–Trinajstić information content (AvgIpc) is 1.99. The van der Waals surface area contributed by atoms with Crippen LogP contribution in [0.4, 0.5) is 0 Å². The standard InChI is InChI=1S/C9H11N/c1-3-5-6-7-9(4-2)8-10/h3-5,7H,2,6H2,1H3/b5-3-,9-7+. The molecule has 0 amide bonds. The summed E-state index contributed by atoms with van der Waals surface area (Å²) >= 11 is 0. The minimum atomic E-state index is 0.637.